The van der Waals surface area contributed by atoms with Crippen molar-refractivity contribution in [1.29, 1.82) is 5.26 Å². The minimum Gasteiger partial charge on any atom is -0.366 e. The third-order valence-corrected chi connectivity index (χ3v) is 3.00. The predicted molar refractivity (Wildman–Crippen MR) is 72.5 cm³/mol. The second-order valence-corrected chi connectivity index (χ2v) is 4.68. The molecule has 0 saturated carbocycles. The first kappa shape index (κ1) is 12.6. The van der Waals surface area contributed by atoms with Gasteiger partial charge in [-0.2, -0.15) is 5.26 Å². The molecule has 0 heterocycles. The van der Waals surface area contributed by atoms with E-state index in [1.807, 2.05) is 24.3 Å². The number of halogens is 2. The molecule has 0 aliphatic carbocycles. The van der Waals surface area contributed by atoms with Crippen LogP contribution in [0.15, 0.2) is 53.0 Å². The molecule has 0 saturated heterocycles. The molecular weight excluding hydrogens is 295 g/mol. The van der Waals surface area contributed by atoms with Crippen LogP contribution in [0.25, 0.3) is 0 Å². The molecule has 0 aliphatic rings. The second kappa shape index (κ2) is 5.65. The molecule has 4 heteroatoms. The molecule has 1 atom stereocenters. The molecule has 0 amide bonds. The van der Waals surface area contributed by atoms with Gasteiger partial charge >= 0.3 is 0 Å². The van der Waals surface area contributed by atoms with E-state index in [2.05, 4.69) is 27.3 Å². The Balaban J connectivity index is 2.20. The van der Waals surface area contributed by atoms with Crippen molar-refractivity contribution in [2.24, 2.45) is 0 Å². The monoisotopic (exact) mass is 304 g/mol. The zero-order chi connectivity index (χ0) is 13.0. The highest BCUT2D eigenvalue weighted by molar-refractivity contribution is 9.10. The summed E-state index contributed by atoms with van der Waals surface area (Å²) in [5.74, 6) is -0.326. The minimum atomic E-state index is -0.500. The van der Waals surface area contributed by atoms with Gasteiger partial charge in [-0.25, -0.2) is 4.39 Å². The van der Waals surface area contributed by atoms with Crippen LogP contribution in [0.1, 0.15) is 11.6 Å². The van der Waals surface area contributed by atoms with E-state index in [9.17, 15) is 4.39 Å². The number of nitrogens with zero attached hydrogens (tertiary/aromatic N) is 1. The van der Waals surface area contributed by atoms with Crippen molar-refractivity contribution >= 4 is 21.6 Å². The number of anilines is 1. The van der Waals surface area contributed by atoms with Crippen molar-refractivity contribution in [3.8, 4) is 6.07 Å². The van der Waals surface area contributed by atoms with E-state index in [0.29, 0.717) is 5.69 Å². The van der Waals surface area contributed by atoms with Crippen LogP contribution in [0.5, 0.6) is 0 Å². The van der Waals surface area contributed by atoms with Crippen LogP contribution in [0.4, 0.5) is 10.1 Å². The van der Waals surface area contributed by atoms with E-state index in [-0.39, 0.29) is 5.82 Å². The van der Waals surface area contributed by atoms with Crippen LogP contribution in [0, 0.1) is 17.1 Å². The van der Waals surface area contributed by atoms with Crippen LogP contribution >= 0.6 is 15.9 Å². The summed E-state index contributed by atoms with van der Waals surface area (Å²) in [6, 6.07) is 15.2. The Morgan fingerprint density at radius 2 is 1.89 bits per heavy atom. The van der Waals surface area contributed by atoms with Crippen molar-refractivity contribution in [2.45, 2.75) is 6.04 Å². The zero-order valence-electron chi connectivity index (χ0n) is 9.40. The van der Waals surface area contributed by atoms with E-state index >= 15 is 0 Å². The van der Waals surface area contributed by atoms with Crippen LogP contribution < -0.4 is 5.32 Å². The lowest BCUT2D eigenvalue weighted by atomic mass is 10.1. The lowest BCUT2D eigenvalue weighted by Gasteiger charge is -2.13. The van der Waals surface area contributed by atoms with Crippen molar-refractivity contribution in [3.63, 3.8) is 0 Å². The second-order valence-electron chi connectivity index (χ2n) is 3.77. The summed E-state index contributed by atoms with van der Waals surface area (Å²) in [5, 5.41) is 12.2. The minimum absolute atomic E-state index is 0.326. The average Bonchev–Trinajstić information content (AvgIpc) is 2.37. The third-order valence-electron chi connectivity index (χ3n) is 2.47. The summed E-state index contributed by atoms with van der Waals surface area (Å²) in [4.78, 5) is 0. The molecule has 2 aromatic rings. The Morgan fingerprint density at radius 3 is 2.50 bits per heavy atom. The van der Waals surface area contributed by atoms with Crippen LogP contribution in [0.2, 0.25) is 0 Å². The van der Waals surface area contributed by atoms with Gasteiger partial charge in [-0.3, -0.25) is 0 Å². The fourth-order valence-corrected chi connectivity index (χ4v) is 1.85. The first-order valence-corrected chi connectivity index (χ1v) is 6.15. The Kier molecular flexibility index (Phi) is 3.96. The third kappa shape index (κ3) is 3.08. The fraction of sp³-hybridized carbons (Fsp3) is 0.0714. The van der Waals surface area contributed by atoms with Crippen molar-refractivity contribution in [1.82, 2.24) is 0 Å². The Labute approximate surface area is 113 Å². The molecule has 0 fully saturated rings. The molecule has 0 aromatic heterocycles. The highest BCUT2D eigenvalue weighted by Crippen LogP contribution is 2.21. The number of hydrogen-bond acceptors (Lipinski definition) is 2. The topological polar surface area (TPSA) is 35.8 Å². The standard InChI is InChI=1S/C14H10BrFN2/c15-11-6-4-10(5-7-11)14(9-17)18-13-3-1-2-12(16)8-13/h1-8,14,18H. The summed E-state index contributed by atoms with van der Waals surface area (Å²) in [5.41, 5.74) is 1.43. The lowest BCUT2D eigenvalue weighted by Crippen LogP contribution is -2.08. The van der Waals surface area contributed by atoms with Gasteiger partial charge < -0.3 is 5.32 Å². The summed E-state index contributed by atoms with van der Waals surface area (Å²) < 4.78 is 14.0. The van der Waals surface area contributed by atoms with Gasteiger partial charge in [0.25, 0.3) is 0 Å². The average molecular weight is 305 g/mol. The van der Waals surface area contributed by atoms with Crippen molar-refractivity contribution in [3.05, 3.63) is 64.4 Å². The van der Waals surface area contributed by atoms with Gasteiger partial charge in [0.1, 0.15) is 11.9 Å². The van der Waals surface area contributed by atoms with Crippen molar-refractivity contribution in [2.75, 3.05) is 5.32 Å². The lowest BCUT2D eigenvalue weighted by molar-refractivity contribution is 0.628. The molecule has 0 radical (unpaired) electrons. The number of nitrogens with one attached hydrogen (secondary N) is 1. The van der Waals surface area contributed by atoms with Crippen LogP contribution in [-0.4, -0.2) is 0 Å². The maximum Gasteiger partial charge on any atom is 0.140 e. The van der Waals surface area contributed by atoms with E-state index < -0.39 is 6.04 Å². The molecule has 18 heavy (non-hydrogen) atoms. The zero-order valence-corrected chi connectivity index (χ0v) is 11.0. The van der Waals surface area contributed by atoms with Gasteiger partial charge in [0.15, 0.2) is 0 Å². The summed E-state index contributed by atoms with van der Waals surface area (Å²) in [7, 11) is 0. The van der Waals surface area contributed by atoms with Gasteiger partial charge in [-0.1, -0.05) is 34.1 Å². The Hall–Kier alpha value is -1.86. The van der Waals surface area contributed by atoms with E-state index in [4.69, 9.17) is 5.26 Å². The number of rotatable bonds is 3. The Bertz CT molecular complexity index is 575. The molecular formula is C14H10BrFN2. The van der Waals surface area contributed by atoms with E-state index in [1.165, 1.54) is 12.1 Å². The first-order chi connectivity index (χ1) is 8.69. The highest BCUT2D eigenvalue weighted by Gasteiger charge is 2.10. The molecule has 0 spiro atoms. The van der Waals surface area contributed by atoms with Crippen molar-refractivity contribution < 1.29 is 4.39 Å². The van der Waals surface area contributed by atoms with Crippen LogP contribution in [-0.2, 0) is 0 Å². The fourth-order valence-electron chi connectivity index (χ4n) is 1.59. The molecule has 0 bridgehead atoms. The molecule has 2 rings (SSSR count). The molecule has 90 valence electrons. The Morgan fingerprint density at radius 1 is 1.17 bits per heavy atom. The number of nitriles is 1. The maximum atomic E-state index is 13.0. The first-order valence-electron chi connectivity index (χ1n) is 5.36. The number of benzene rings is 2. The highest BCUT2D eigenvalue weighted by atomic mass is 79.9. The van der Waals surface area contributed by atoms with Gasteiger partial charge in [0.05, 0.1) is 6.07 Å². The number of hydrogen-bond donors (Lipinski definition) is 1. The van der Waals surface area contributed by atoms with E-state index in [0.717, 1.165) is 10.0 Å². The van der Waals surface area contributed by atoms with Gasteiger partial charge in [0.2, 0.25) is 0 Å². The normalized spacial score (nSPS) is 11.6. The molecule has 1 N–H and O–H groups in total. The van der Waals surface area contributed by atoms with Crippen LogP contribution in [0.3, 0.4) is 0 Å². The summed E-state index contributed by atoms with van der Waals surface area (Å²) in [6.07, 6.45) is 0. The predicted octanol–water partition coefficient (Wildman–Crippen LogP) is 4.26. The van der Waals surface area contributed by atoms with Gasteiger partial charge in [-0.05, 0) is 35.9 Å². The molecule has 2 nitrogen and oxygen atoms in total. The quantitative estimate of drug-likeness (QED) is 0.919. The largest absolute Gasteiger partial charge is 0.366 e. The summed E-state index contributed by atoms with van der Waals surface area (Å²) >= 11 is 3.34. The summed E-state index contributed by atoms with van der Waals surface area (Å²) in [6.45, 7) is 0. The molecule has 2 aromatic carbocycles. The van der Waals surface area contributed by atoms with Gasteiger partial charge in [-0.15, -0.1) is 0 Å². The molecule has 0 aliphatic heterocycles. The smallest absolute Gasteiger partial charge is 0.140 e. The SMILES string of the molecule is N#CC(Nc1cccc(F)c1)c1ccc(Br)cc1. The van der Waals surface area contributed by atoms with Gasteiger partial charge in [0, 0.05) is 10.2 Å². The molecule has 1 unspecified atom stereocenters. The maximum absolute atomic E-state index is 13.0. The van der Waals surface area contributed by atoms with E-state index in [1.54, 1.807) is 12.1 Å².